The molecule has 0 unspecified atom stereocenters. The van der Waals surface area contributed by atoms with Gasteiger partial charge in [0.05, 0.1) is 12.2 Å². The van der Waals surface area contributed by atoms with E-state index in [1.165, 1.54) is 104 Å². The molecule has 0 saturated carbocycles. The Labute approximate surface area is 288 Å². The van der Waals surface area contributed by atoms with E-state index >= 15 is 0 Å². The monoisotopic (exact) mass is 642 g/mol. The highest BCUT2D eigenvalue weighted by atomic mass is 16.5. The van der Waals surface area contributed by atoms with Crippen molar-refractivity contribution in [3.8, 4) is 16.9 Å². The van der Waals surface area contributed by atoms with Crippen LogP contribution in [-0.2, 0) is 0 Å². The lowest BCUT2D eigenvalue weighted by molar-refractivity contribution is 0.0697. The molecule has 1 N–H and O–H groups in total. The van der Waals surface area contributed by atoms with Gasteiger partial charge in [0.1, 0.15) is 5.75 Å². The van der Waals surface area contributed by atoms with E-state index in [9.17, 15) is 4.79 Å². The normalized spacial score (nSPS) is 12.6. The molecule has 49 heavy (non-hydrogen) atoms. The van der Waals surface area contributed by atoms with Gasteiger partial charge in [0.25, 0.3) is 0 Å². The van der Waals surface area contributed by atoms with Crippen LogP contribution in [0.25, 0.3) is 54.2 Å². The van der Waals surface area contributed by atoms with E-state index in [-0.39, 0.29) is 5.56 Å². The van der Waals surface area contributed by atoms with Crippen LogP contribution >= 0.6 is 0 Å². The molecule has 0 aliphatic heterocycles. The highest BCUT2D eigenvalue weighted by Crippen LogP contribution is 2.57. The molecule has 244 valence electrons. The van der Waals surface area contributed by atoms with E-state index in [0.717, 1.165) is 25.0 Å². The van der Waals surface area contributed by atoms with Crippen molar-refractivity contribution in [2.45, 2.75) is 63.7 Å². The van der Waals surface area contributed by atoms with Crippen LogP contribution in [-0.4, -0.2) is 17.7 Å². The minimum atomic E-state index is -0.912. The van der Waals surface area contributed by atoms with Crippen molar-refractivity contribution in [2.75, 3.05) is 6.61 Å². The summed E-state index contributed by atoms with van der Waals surface area (Å²) in [5.74, 6) is 0.194. The Morgan fingerprint density at radius 3 is 1.33 bits per heavy atom. The number of unbranched alkanes of at least 4 members (excludes halogenated alkanes) is 7. The third kappa shape index (κ3) is 5.82. The van der Waals surface area contributed by atoms with Crippen LogP contribution in [0.1, 0.15) is 85.2 Å². The Balaban J connectivity index is 0.979. The Bertz CT molecular complexity index is 2170. The average molecular weight is 643 g/mol. The maximum absolute atomic E-state index is 11.0. The van der Waals surface area contributed by atoms with Gasteiger partial charge in [-0.3, -0.25) is 0 Å². The zero-order valence-electron chi connectivity index (χ0n) is 28.0. The summed E-state index contributed by atoms with van der Waals surface area (Å²) in [6.07, 6.45) is 10.9. The maximum Gasteiger partial charge on any atom is 0.335 e. The molecule has 0 bridgehead atoms. The molecule has 0 saturated heterocycles. The smallest absolute Gasteiger partial charge is 0.335 e. The second kappa shape index (κ2) is 13.8. The first kappa shape index (κ1) is 31.1. The summed E-state index contributed by atoms with van der Waals surface area (Å²) in [7, 11) is 0. The number of aromatic carboxylic acids is 1. The zero-order valence-corrected chi connectivity index (χ0v) is 28.0. The second-order valence-electron chi connectivity index (χ2n) is 13.6. The largest absolute Gasteiger partial charge is 0.494 e. The number of benzene rings is 7. The molecule has 0 fully saturated rings. The van der Waals surface area contributed by atoms with Gasteiger partial charge in [0.2, 0.25) is 0 Å². The van der Waals surface area contributed by atoms with Crippen LogP contribution in [0, 0.1) is 0 Å². The van der Waals surface area contributed by atoms with Gasteiger partial charge < -0.3 is 9.84 Å². The van der Waals surface area contributed by atoms with Gasteiger partial charge in [-0.05, 0) is 102 Å². The molecule has 1 aliphatic rings. The summed E-state index contributed by atoms with van der Waals surface area (Å²) >= 11 is 0. The SMILES string of the molecule is O=C(O)c1ccc(OCCCCCCCCCCC2c3c(c4ccccc4c4ccccc34)-c3c2c2ccccc2c2ccccc32)cc1. The van der Waals surface area contributed by atoms with Gasteiger partial charge in [-0.25, -0.2) is 4.79 Å². The zero-order chi connectivity index (χ0) is 33.2. The molecular formula is C46H42O3. The number of fused-ring (bicyclic) bond motifs is 13. The van der Waals surface area contributed by atoms with E-state index < -0.39 is 5.97 Å². The lowest BCUT2D eigenvalue weighted by atomic mass is 9.84. The van der Waals surface area contributed by atoms with E-state index in [2.05, 4.69) is 97.1 Å². The molecule has 0 radical (unpaired) electrons. The van der Waals surface area contributed by atoms with Crippen molar-refractivity contribution in [1.82, 2.24) is 0 Å². The summed E-state index contributed by atoms with van der Waals surface area (Å²) in [4.78, 5) is 11.0. The Hall–Kier alpha value is -5.15. The van der Waals surface area contributed by atoms with Crippen molar-refractivity contribution in [1.29, 1.82) is 0 Å². The van der Waals surface area contributed by atoms with Crippen molar-refractivity contribution >= 4 is 49.1 Å². The van der Waals surface area contributed by atoms with E-state index in [1.807, 2.05) is 0 Å². The molecule has 0 atom stereocenters. The second-order valence-corrected chi connectivity index (χ2v) is 13.6. The fourth-order valence-electron chi connectivity index (χ4n) is 8.43. The van der Waals surface area contributed by atoms with E-state index in [1.54, 1.807) is 24.3 Å². The predicted octanol–water partition coefficient (Wildman–Crippen LogP) is 12.7. The molecule has 3 nitrogen and oxygen atoms in total. The molecule has 0 aromatic heterocycles. The first-order chi connectivity index (χ1) is 24.2. The van der Waals surface area contributed by atoms with Gasteiger partial charge in [0.15, 0.2) is 0 Å². The van der Waals surface area contributed by atoms with E-state index in [4.69, 9.17) is 9.84 Å². The van der Waals surface area contributed by atoms with Crippen molar-refractivity contribution in [3.05, 3.63) is 138 Å². The fraction of sp³-hybridized carbons (Fsp3) is 0.239. The summed E-state index contributed by atoms with van der Waals surface area (Å²) < 4.78 is 5.81. The number of ether oxygens (including phenoxy) is 1. The molecule has 8 rings (SSSR count). The van der Waals surface area contributed by atoms with Gasteiger partial charge >= 0.3 is 5.97 Å². The number of carboxylic acid groups (broad SMARTS) is 1. The number of carboxylic acids is 1. The van der Waals surface area contributed by atoms with Crippen LogP contribution in [0.4, 0.5) is 0 Å². The Morgan fingerprint density at radius 2 is 0.857 bits per heavy atom. The molecule has 0 spiro atoms. The van der Waals surface area contributed by atoms with Crippen LogP contribution in [0.2, 0.25) is 0 Å². The van der Waals surface area contributed by atoms with Crippen LogP contribution in [0.15, 0.2) is 121 Å². The lowest BCUT2D eigenvalue weighted by Gasteiger charge is -2.19. The van der Waals surface area contributed by atoms with Crippen molar-refractivity contribution < 1.29 is 14.6 Å². The topological polar surface area (TPSA) is 46.5 Å². The first-order valence-electron chi connectivity index (χ1n) is 18.0. The molecular weight excluding hydrogens is 601 g/mol. The standard InChI is InChI=1S/C46H42O3/c47-46(48)31-26-28-32(29-27-31)49-30-16-6-4-2-1-3-5-7-25-41-42-37-21-12-8-17-33(37)35-19-10-14-23-39(35)44(42)45-40-24-15-11-20-36(40)34-18-9-13-22-38(34)43(41)45/h8-15,17-24,26-29,41H,1-7,16,25,30H2,(H,47,48). The maximum atomic E-state index is 11.0. The van der Waals surface area contributed by atoms with Crippen molar-refractivity contribution in [3.63, 3.8) is 0 Å². The summed E-state index contributed by atoms with van der Waals surface area (Å²) in [5, 5.41) is 20.1. The van der Waals surface area contributed by atoms with Gasteiger partial charge in [0, 0.05) is 5.92 Å². The van der Waals surface area contributed by atoms with Crippen LogP contribution in [0.3, 0.4) is 0 Å². The number of carbonyl (C=O) groups is 1. The predicted molar refractivity (Wildman–Crippen MR) is 204 cm³/mol. The summed E-state index contributed by atoms with van der Waals surface area (Å²) in [6.45, 7) is 0.671. The van der Waals surface area contributed by atoms with E-state index in [0.29, 0.717) is 12.5 Å². The number of rotatable bonds is 13. The van der Waals surface area contributed by atoms with Gasteiger partial charge in [-0.2, -0.15) is 0 Å². The molecule has 1 aliphatic carbocycles. The van der Waals surface area contributed by atoms with Gasteiger partial charge in [-0.15, -0.1) is 0 Å². The minimum Gasteiger partial charge on any atom is -0.494 e. The third-order valence-electron chi connectivity index (χ3n) is 10.7. The summed E-state index contributed by atoms with van der Waals surface area (Å²) in [5.41, 5.74) is 6.26. The third-order valence-corrected chi connectivity index (χ3v) is 10.7. The molecule has 7 aromatic rings. The average Bonchev–Trinajstić information content (AvgIpc) is 3.50. The molecule has 0 heterocycles. The van der Waals surface area contributed by atoms with Gasteiger partial charge in [-0.1, -0.05) is 142 Å². The molecule has 7 aromatic carbocycles. The first-order valence-corrected chi connectivity index (χ1v) is 18.0. The fourth-order valence-corrected chi connectivity index (χ4v) is 8.43. The van der Waals surface area contributed by atoms with Crippen LogP contribution < -0.4 is 4.74 Å². The highest BCUT2D eigenvalue weighted by Gasteiger charge is 2.35. The Morgan fingerprint density at radius 1 is 0.469 bits per heavy atom. The Kier molecular flexibility index (Phi) is 8.74. The van der Waals surface area contributed by atoms with Crippen molar-refractivity contribution in [2.24, 2.45) is 0 Å². The number of hydrogen-bond acceptors (Lipinski definition) is 2. The lowest BCUT2D eigenvalue weighted by Crippen LogP contribution is -2.00. The number of hydrogen-bond donors (Lipinski definition) is 1. The minimum absolute atomic E-state index is 0.287. The molecule has 0 amide bonds. The summed E-state index contributed by atoms with van der Waals surface area (Å²) in [6, 6.07) is 43.0. The molecule has 3 heteroatoms. The van der Waals surface area contributed by atoms with Crippen LogP contribution in [0.5, 0.6) is 5.75 Å². The quantitative estimate of drug-likeness (QED) is 0.101. The highest BCUT2D eigenvalue weighted by molar-refractivity contribution is 6.25.